The van der Waals surface area contributed by atoms with Crippen LogP contribution in [0.4, 0.5) is 4.39 Å². The summed E-state index contributed by atoms with van der Waals surface area (Å²) in [4.78, 5) is 14.5. The minimum Gasteiger partial charge on any atom is -0.469 e. The van der Waals surface area contributed by atoms with Crippen LogP contribution < -0.4 is 0 Å². The normalized spacial score (nSPS) is 12.1. The van der Waals surface area contributed by atoms with Crippen molar-refractivity contribution in [2.75, 3.05) is 13.6 Å². The van der Waals surface area contributed by atoms with Crippen molar-refractivity contribution >= 4 is 5.91 Å². The van der Waals surface area contributed by atoms with Gasteiger partial charge in [-0.25, -0.2) is 4.39 Å². The lowest BCUT2D eigenvalue weighted by Crippen LogP contribution is -2.33. The fraction of sp³-hybridized carbons (Fsp3) is 0.389. The van der Waals surface area contributed by atoms with Crippen LogP contribution in [0.1, 0.15) is 37.0 Å². The molecule has 2 aromatic rings. The number of halogens is 1. The fourth-order valence-electron chi connectivity index (χ4n) is 2.44. The average molecular weight is 303 g/mol. The number of carbonyl (C=O) groups excluding carboxylic acids is 1. The molecule has 118 valence electrons. The molecule has 1 amide bonds. The standard InChI is InChI=1S/C18H22FNO2/c1-3-4-11-20(2)18(21)17(13-16-6-5-12-22-16)14-7-9-15(19)10-8-14/h5-10,12,17H,3-4,11,13H2,1-2H3. The summed E-state index contributed by atoms with van der Waals surface area (Å²) in [6.07, 6.45) is 4.09. The predicted octanol–water partition coefficient (Wildman–Crippen LogP) is 4.00. The Morgan fingerprint density at radius 2 is 2.00 bits per heavy atom. The lowest BCUT2D eigenvalue weighted by Gasteiger charge is -2.23. The summed E-state index contributed by atoms with van der Waals surface area (Å²) >= 11 is 0. The monoisotopic (exact) mass is 303 g/mol. The molecule has 22 heavy (non-hydrogen) atoms. The summed E-state index contributed by atoms with van der Waals surface area (Å²) in [5, 5.41) is 0. The van der Waals surface area contributed by atoms with Crippen molar-refractivity contribution in [1.82, 2.24) is 4.90 Å². The van der Waals surface area contributed by atoms with Crippen LogP contribution in [0.25, 0.3) is 0 Å². The summed E-state index contributed by atoms with van der Waals surface area (Å²) in [7, 11) is 1.82. The van der Waals surface area contributed by atoms with Crippen molar-refractivity contribution in [2.45, 2.75) is 32.1 Å². The third-order valence-corrected chi connectivity index (χ3v) is 3.78. The Kier molecular flexibility index (Phi) is 5.75. The zero-order valence-electron chi connectivity index (χ0n) is 13.1. The van der Waals surface area contributed by atoms with Gasteiger partial charge in [0.15, 0.2) is 0 Å². The zero-order valence-corrected chi connectivity index (χ0v) is 13.1. The molecule has 0 aliphatic carbocycles. The van der Waals surface area contributed by atoms with E-state index in [0.29, 0.717) is 6.42 Å². The summed E-state index contributed by atoms with van der Waals surface area (Å²) in [5.41, 5.74) is 0.811. The number of unbranched alkanes of at least 4 members (excludes halogenated alkanes) is 1. The quantitative estimate of drug-likeness (QED) is 0.774. The van der Waals surface area contributed by atoms with Gasteiger partial charge >= 0.3 is 0 Å². The van der Waals surface area contributed by atoms with Gasteiger partial charge in [0, 0.05) is 20.0 Å². The number of likely N-dealkylation sites (N-methyl/N-ethyl adjacent to an activating group) is 1. The molecule has 1 aromatic carbocycles. The number of carbonyl (C=O) groups is 1. The fourth-order valence-corrected chi connectivity index (χ4v) is 2.44. The molecule has 1 unspecified atom stereocenters. The Balaban J connectivity index is 2.20. The van der Waals surface area contributed by atoms with Gasteiger partial charge < -0.3 is 9.32 Å². The predicted molar refractivity (Wildman–Crippen MR) is 84.1 cm³/mol. The van der Waals surface area contributed by atoms with Crippen LogP contribution in [0, 0.1) is 5.82 Å². The maximum absolute atomic E-state index is 13.1. The van der Waals surface area contributed by atoms with Crippen molar-refractivity contribution < 1.29 is 13.6 Å². The second kappa shape index (κ2) is 7.78. The molecule has 0 spiro atoms. The van der Waals surface area contributed by atoms with Crippen LogP contribution in [0.15, 0.2) is 47.1 Å². The molecule has 4 heteroatoms. The van der Waals surface area contributed by atoms with E-state index >= 15 is 0 Å². The largest absolute Gasteiger partial charge is 0.469 e. The van der Waals surface area contributed by atoms with Gasteiger partial charge in [0.25, 0.3) is 0 Å². The molecule has 0 bridgehead atoms. The number of rotatable bonds is 7. The number of furan rings is 1. The number of hydrogen-bond donors (Lipinski definition) is 0. The Morgan fingerprint density at radius 3 is 2.59 bits per heavy atom. The first kappa shape index (κ1) is 16.3. The zero-order chi connectivity index (χ0) is 15.9. The van der Waals surface area contributed by atoms with E-state index in [4.69, 9.17) is 4.42 Å². The van der Waals surface area contributed by atoms with Gasteiger partial charge in [0.2, 0.25) is 5.91 Å². The van der Waals surface area contributed by atoms with E-state index in [-0.39, 0.29) is 17.6 Å². The highest BCUT2D eigenvalue weighted by molar-refractivity contribution is 5.83. The van der Waals surface area contributed by atoms with Crippen molar-refractivity contribution in [1.29, 1.82) is 0 Å². The van der Waals surface area contributed by atoms with Gasteiger partial charge in [-0.15, -0.1) is 0 Å². The smallest absolute Gasteiger partial charge is 0.230 e. The van der Waals surface area contributed by atoms with Crippen molar-refractivity contribution in [2.24, 2.45) is 0 Å². The van der Waals surface area contributed by atoms with Crippen LogP contribution in [0.5, 0.6) is 0 Å². The minimum atomic E-state index is -0.353. The van der Waals surface area contributed by atoms with Gasteiger partial charge in [-0.05, 0) is 36.2 Å². The number of amides is 1. The lowest BCUT2D eigenvalue weighted by molar-refractivity contribution is -0.131. The molecule has 1 aromatic heterocycles. The van der Waals surface area contributed by atoms with Crippen LogP contribution >= 0.6 is 0 Å². The average Bonchev–Trinajstić information content (AvgIpc) is 3.03. The highest BCUT2D eigenvalue weighted by atomic mass is 19.1. The summed E-state index contributed by atoms with van der Waals surface area (Å²) in [6, 6.07) is 9.80. The molecular weight excluding hydrogens is 281 g/mol. The molecule has 3 nitrogen and oxygen atoms in total. The third kappa shape index (κ3) is 4.20. The van der Waals surface area contributed by atoms with Gasteiger partial charge in [0.05, 0.1) is 12.2 Å². The second-order valence-corrected chi connectivity index (χ2v) is 5.50. The van der Waals surface area contributed by atoms with Gasteiger partial charge in [0.1, 0.15) is 11.6 Å². The van der Waals surface area contributed by atoms with Crippen LogP contribution in [0.2, 0.25) is 0 Å². The van der Waals surface area contributed by atoms with Gasteiger partial charge in [-0.3, -0.25) is 4.79 Å². The van der Waals surface area contributed by atoms with Gasteiger partial charge in [-0.2, -0.15) is 0 Å². The maximum Gasteiger partial charge on any atom is 0.230 e. The molecule has 0 aliphatic rings. The van der Waals surface area contributed by atoms with E-state index in [9.17, 15) is 9.18 Å². The molecule has 1 heterocycles. The van der Waals surface area contributed by atoms with E-state index in [1.807, 2.05) is 19.2 Å². The molecule has 2 rings (SSSR count). The molecule has 0 saturated carbocycles. The van der Waals surface area contributed by atoms with E-state index in [1.54, 1.807) is 23.3 Å². The highest BCUT2D eigenvalue weighted by Crippen LogP contribution is 2.24. The van der Waals surface area contributed by atoms with Crippen LogP contribution in [-0.2, 0) is 11.2 Å². The van der Waals surface area contributed by atoms with E-state index < -0.39 is 0 Å². The first-order valence-corrected chi connectivity index (χ1v) is 7.64. The summed E-state index contributed by atoms with van der Waals surface area (Å²) in [5.74, 6) is 0.143. The van der Waals surface area contributed by atoms with Crippen molar-refractivity contribution in [3.63, 3.8) is 0 Å². The molecule has 0 saturated heterocycles. The molecule has 0 aliphatic heterocycles. The SMILES string of the molecule is CCCCN(C)C(=O)C(Cc1ccco1)c1ccc(F)cc1. The van der Waals surface area contributed by atoms with Crippen molar-refractivity contribution in [3.8, 4) is 0 Å². The first-order chi connectivity index (χ1) is 10.6. The van der Waals surface area contributed by atoms with Gasteiger partial charge in [-0.1, -0.05) is 25.5 Å². The van der Waals surface area contributed by atoms with E-state index in [0.717, 1.165) is 30.7 Å². The maximum atomic E-state index is 13.1. The molecule has 1 atom stereocenters. The Labute approximate surface area is 130 Å². The summed E-state index contributed by atoms with van der Waals surface area (Å²) in [6.45, 7) is 2.82. The van der Waals surface area contributed by atoms with E-state index in [2.05, 4.69) is 6.92 Å². The third-order valence-electron chi connectivity index (χ3n) is 3.78. The second-order valence-electron chi connectivity index (χ2n) is 5.50. The molecule has 0 fully saturated rings. The Bertz CT molecular complexity index is 578. The topological polar surface area (TPSA) is 33.5 Å². The Morgan fingerprint density at radius 1 is 1.27 bits per heavy atom. The number of nitrogens with zero attached hydrogens (tertiary/aromatic N) is 1. The van der Waals surface area contributed by atoms with Crippen LogP contribution in [-0.4, -0.2) is 24.4 Å². The highest BCUT2D eigenvalue weighted by Gasteiger charge is 2.25. The van der Waals surface area contributed by atoms with Crippen molar-refractivity contribution in [3.05, 3.63) is 59.8 Å². The minimum absolute atomic E-state index is 0.0384. The first-order valence-electron chi connectivity index (χ1n) is 7.64. The molecule has 0 radical (unpaired) electrons. The summed E-state index contributed by atoms with van der Waals surface area (Å²) < 4.78 is 18.5. The molecular formula is C18H22FNO2. The number of hydrogen-bond acceptors (Lipinski definition) is 2. The van der Waals surface area contributed by atoms with E-state index in [1.165, 1.54) is 12.1 Å². The van der Waals surface area contributed by atoms with Crippen LogP contribution in [0.3, 0.4) is 0 Å². The Hall–Kier alpha value is -2.10. The number of benzene rings is 1. The lowest BCUT2D eigenvalue weighted by atomic mass is 9.93. The molecule has 0 N–H and O–H groups in total.